The number of nitrogens with one attached hydrogen (secondary N) is 1. The van der Waals surface area contributed by atoms with Crippen LogP contribution in [0.2, 0.25) is 0 Å². The first-order valence-corrected chi connectivity index (χ1v) is 7.90. The summed E-state index contributed by atoms with van der Waals surface area (Å²) in [5.74, 6) is 1.94. The number of carbonyl (C=O) groups excluding carboxylic acids is 1. The molecule has 118 valence electrons. The number of rotatable bonds is 9. The predicted molar refractivity (Wildman–Crippen MR) is 85.3 cm³/mol. The lowest BCUT2D eigenvalue weighted by atomic mass is 10.1. The summed E-state index contributed by atoms with van der Waals surface area (Å²) in [6.45, 7) is 6.97. The first-order chi connectivity index (χ1) is 10.1. The third-order valence-electron chi connectivity index (χ3n) is 2.98. The molecule has 5 heteroatoms. The van der Waals surface area contributed by atoms with E-state index in [1.54, 1.807) is 0 Å². The van der Waals surface area contributed by atoms with Crippen molar-refractivity contribution in [1.29, 1.82) is 0 Å². The van der Waals surface area contributed by atoms with Gasteiger partial charge in [0.1, 0.15) is 0 Å². The van der Waals surface area contributed by atoms with E-state index in [1.807, 2.05) is 39.0 Å². The van der Waals surface area contributed by atoms with Crippen molar-refractivity contribution in [2.45, 2.75) is 39.7 Å². The van der Waals surface area contributed by atoms with E-state index in [0.717, 1.165) is 11.3 Å². The van der Waals surface area contributed by atoms with Crippen LogP contribution in [0.5, 0.6) is 11.5 Å². The summed E-state index contributed by atoms with van der Waals surface area (Å²) in [4.78, 5) is 11.7. The fourth-order valence-corrected chi connectivity index (χ4v) is 2.10. The lowest BCUT2D eigenvalue weighted by Crippen LogP contribution is -2.26. The summed E-state index contributed by atoms with van der Waals surface area (Å²) in [6, 6.07) is 5.66. The molecule has 0 heterocycles. The number of hydrogen-bond acceptors (Lipinski definition) is 3. The van der Waals surface area contributed by atoms with Crippen LogP contribution in [0.25, 0.3) is 0 Å². The highest BCUT2D eigenvalue weighted by Crippen LogP contribution is 2.30. The van der Waals surface area contributed by atoms with Gasteiger partial charge in [0.15, 0.2) is 11.5 Å². The number of hydrogen-bond donors (Lipinski definition) is 1. The van der Waals surface area contributed by atoms with Crippen molar-refractivity contribution in [1.82, 2.24) is 5.32 Å². The quantitative estimate of drug-likeness (QED) is 0.707. The first-order valence-electron chi connectivity index (χ1n) is 7.37. The Labute approximate surface area is 131 Å². The molecule has 0 aromatic heterocycles. The molecule has 0 aliphatic heterocycles. The van der Waals surface area contributed by atoms with Gasteiger partial charge in [-0.05, 0) is 44.9 Å². The average molecular weight is 314 g/mol. The molecule has 0 saturated heterocycles. The van der Waals surface area contributed by atoms with Gasteiger partial charge in [-0.3, -0.25) is 4.79 Å². The second-order valence-corrected chi connectivity index (χ2v) is 5.03. The monoisotopic (exact) mass is 313 g/mol. The van der Waals surface area contributed by atoms with Crippen molar-refractivity contribution < 1.29 is 14.3 Å². The van der Waals surface area contributed by atoms with E-state index in [-0.39, 0.29) is 11.9 Å². The van der Waals surface area contributed by atoms with Crippen LogP contribution < -0.4 is 14.8 Å². The van der Waals surface area contributed by atoms with Crippen LogP contribution in [0, 0.1) is 0 Å². The second kappa shape index (κ2) is 9.50. The van der Waals surface area contributed by atoms with E-state index >= 15 is 0 Å². The molecule has 0 aliphatic rings. The van der Waals surface area contributed by atoms with Gasteiger partial charge in [-0.15, -0.1) is 11.6 Å². The standard InChI is InChI=1S/C16H24ClNO3/c1-4-20-14-9-8-13(11-15(14)21-5-2)12(3)18-16(19)7-6-10-17/h8-9,11-12H,4-7,10H2,1-3H3,(H,18,19). The Hall–Kier alpha value is -1.42. The van der Waals surface area contributed by atoms with Gasteiger partial charge in [-0.25, -0.2) is 0 Å². The smallest absolute Gasteiger partial charge is 0.220 e. The van der Waals surface area contributed by atoms with E-state index < -0.39 is 0 Å². The van der Waals surface area contributed by atoms with Crippen LogP contribution in [-0.4, -0.2) is 25.0 Å². The molecule has 4 nitrogen and oxygen atoms in total. The Kier molecular flexibility index (Phi) is 7.98. The minimum Gasteiger partial charge on any atom is -0.490 e. The lowest BCUT2D eigenvalue weighted by molar-refractivity contribution is -0.121. The summed E-state index contributed by atoms with van der Waals surface area (Å²) in [7, 11) is 0. The van der Waals surface area contributed by atoms with Gasteiger partial charge in [0.25, 0.3) is 0 Å². The van der Waals surface area contributed by atoms with Crippen molar-refractivity contribution in [3.05, 3.63) is 23.8 Å². The molecule has 21 heavy (non-hydrogen) atoms. The van der Waals surface area contributed by atoms with Gasteiger partial charge in [0.2, 0.25) is 5.91 Å². The highest BCUT2D eigenvalue weighted by Gasteiger charge is 2.13. The van der Waals surface area contributed by atoms with E-state index in [4.69, 9.17) is 21.1 Å². The average Bonchev–Trinajstić information content (AvgIpc) is 2.47. The van der Waals surface area contributed by atoms with Crippen molar-refractivity contribution in [2.24, 2.45) is 0 Å². The Morgan fingerprint density at radius 3 is 2.52 bits per heavy atom. The van der Waals surface area contributed by atoms with Crippen LogP contribution in [0.1, 0.15) is 45.2 Å². The third-order valence-corrected chi connectivity index (χ3v) is 3.25. The summed E-state index contributed by atoms with van der Waals surface area (Å²) in [6.07, 6.45) is 1.14. The summed E-state index contributed by atoms with van der Waals surface area (Å²) in [5, 5.41) is 2.96. The van der Waals surface area contributed by atoms with Crippen LogP contribution in [0.4, 0.5) is 0 Å². The molecule has 1 aromatic rings. The molecule has 1 aromatic carbocycles. The Bertz CT molecular complexity index is 451. The maximum atomic E-state index is 11.7. The zero-order valence-corrected chi connectivity index (χ0v) is 13.7. The fraction of sp³-hybridized carbons (Fsp3) is 0.562. The van der Waals surface area contributed by atoms with Crippen LogP contribution >= 0.6 is 11.6 Å². The largest absolute Gasteiger partial charge is 0.490 e. The molecule has 1 unspecified atom stereocenters. The second-order valence-electron chi connectivity index (χ2n) is 4.65. The number of benzene rings is 1. The van der Waals surface area contributed by atoms with Gasteiger partial charge in [0.05, 0.1) is 19.3 Å². The predicted octanol–water partition coefficient (Wildman–Crippen LogP) is 3.68. The summed E-state index contributed by atoms with van der Waals surface area (Å²) >= 11 is 5.59. The lowest BCUT2D eigenvalue weighted by Gasteiger charge is -2.17. The van der Waals surface area contributed by atoms with Gasteiger partial charge < -0.3 is 14.8 Å². The summed E-state index contributed by atoms with van der Waals surface area (Å²) in [5.41, 5.74) is 0.987. The molecular weight excluding hydrogens is 290 g/mol. The topological polar surface area (TPSA) is 47.6 Å². The Morgan fingerprint density at radius 1 is 1.24 bits per heavy atom. The number of amides is 1. The minimum absolute atomic E-state index is 0.00925. The Morgan fingerprint density at radius 2 is 1.90 bits per heavy atom. The maximum Gasteiger partial charge on any atom is 0.220 e. The molecule has 0 radical (unpaired) electrons. The molecule has 0 fully saturated rings. The van der Waals surface area contributed by atoms with E-state index in [1.165, 1.54) is 0 Å². The maximum absolute atomic E-state index is 11.7. The molecule has 0 bridgehead atoms. The highest BCUT2D eigenvalue weighted by molar-refractivity contribution is 6.17. The molecule has 1 rings (SSSR count). The first kappa shape index (κ1) is 17.6. The van der Waals surface area contributed by atoms with Gasteiger partial charge in [0, 0.05) is 12.3 Å². The van der Waals surface area contributed by atoms with Crippen molar-refractivity contribution in [3.63, 3.8) is 0 Å². The van der Waals surface area contributed by atoms with Gasteiger partial charge in [-0.1, -0.05) is 6.07 Å². The van der Waals surface area contributed by atoms with Crippen LogP contribution in [0.3, 0.4) is 0 Å². The molecule has 1 amide bonds. The normalized spacial score (nSPS) is 11.8. The fourth-order valence-electron chi connectivity index (χ4n) is 1.96. The van der Waals surface area contributed by atoms with E-state index in [9.17, 15) is 4.79 Å². The molecule has 0 saturated carbocycles. The van der Waals surface area contributed by atoms with Crippen LogP contribution in [0.15, 0.2) is 18.2 Å². The third kappa shape index (κ3) is 5.84. The minimum atomic E-state index is -0.0808. The van der Waals surface area contributed by atoms with Gasteiger partial charge in [-0.2, -0.15) is 0 Å². The molecule has 1 N–H and O–H groups in total. The molecule has 1 atom stereocenters. The molecular formula is C16H24ClNO3. The number of halogens is 1. The Balaban J connectivity index is 2.77. The van der Waals surface area contributed by atoms with Crippen molar-refractivity contribution in [2.75, 3.05) is 19.1 Å². The zero-order valence-electron chi connectivity index (χ0n) is 12.9. The number of ether oxygens (including phenoxy) is 2. The highest BCUT2D eigenvalue weighted by atomic mass is 35.5. The van der Waals surface area contributed by atoms with Crippen molar-refractivity contribution in [3.8, 4) is 11.5 Å². The molecule has 0 spiro atoms. The van der Waals surface area contributed by atoms with Gasteiger partial charge >= 0.3 is 0 Å². The zero-order chi connectivity index (χ0) is 15.7. The summed E-state index contributed by atoms with van der Waals surface area (Å²) < 4.78 is 11.1. The van der Waals surface area contributed by atoms with Crippen molar-refractivity contribution >= 4 is 17.5 Å². The van der Waals surface area contributed by atoms with E-state index in [0.29, 0.717) is 37.7 Å². The molecule has 0 aliphatic carbocycles. The van der Waals surface area contributed by atoms with Crippen LogP contribution in [-0.2, 0) is 4.79 Å². The number of alkyl halides is 1. The number of carbonyl (C=O) groups is 1. The van der Waals surface area contributed by atoms with E-state index in [2.05, 4.69) is 5.32 Å². The SMILES string of the molecule is CCOc1ccc(C(C)NC(=O)CCCCl)cc1OCC.